The Balaban J connectivity index is 1.49. The molecule has 44 heavy (non-hydrogen) atoms. The van der Waals surface area contributed by atoms with Crippen LogP contribution in [0.25, 0.3) is 49.7 Å². The van der Waals surface area contributed by atoms with Gasteiger partial charge in [-0.25, -0.2) is 0 Å². The minimum atomic E-state index is -0.165. The Morgan fingerprint density at radius 3 is 2.02 bits per heavy atom. The molecule has 8 rings (SSSR count). The summed E-state index contributed by atoms with van der Waals surface area (Å²) in [4.78, 5) is 2.38. The highest BCUT2D eigenvalue weighted by Crippen LogP contribution is 2.55. The summed E-state index contributed by atoms with van der Waals surface area (Å²) in [5.74, 6) is 0. The zero-order chi connectivity index (χ0) is 30.0. The third kappa shape index (κ3) is 3.67. The number of hydrogen-bond acceptors (Lipinski definition) is 2. The van der Waals surface area contributed by atoms with E-state index in [0.29, 0.717) is 0 Å². The number of anilines is 2. The number of allylic oxidation sites excluding steroid dienone is 2. The smallest absolute Gasteiger partial charge is 0.0691 e. The molecule has 0 aromatic heterocycles. The molecule has 0 unspecified atom stereocenters. The van der Waals surface area contributed by atoms with Crippen LogP contribution in [0.15, 0.2) is 145 Å². The van der Waals surface area contributed by atoms with E-state index in [-0.39, 0.29) is 5.41 Å². The van der Waals surface area contributed by atoms with Crippen molar-refractivity contribution in [3.8, 4) is 33.4 Å². The molecule has 2 aliphatic rings. The molecule has 6 aromatic carbocycles. The number of para-hydroxylation sites is 1. The van der Waals surface area contributed by atoms with Crippen LogP contribution in [0.5, 0.6) is 0 Å². The SMILES string of the molecule is C/C=C1\C(=C/N)N(c2cc(-c3ccccc3)c3c(c2)C(C)(C)c2ccccc2-3)c2ccccc2-c2cccc3cccc1c23. The van der Waals surface area contributed by atoms with Gasteiger partial charge in [-0.3, -0.25) is 0 Å². The van der Waals surface area contributed by atoms with Crippen molar-refractivity contribution < 1.29 is 0 Å². The minimum Gasteiger partial charge on any atom is -0.403 e. The van der Waals surface area contributed by atoms with Gasteiger partial charge in [-0.2, -0.15) is 0 Å². The van der Waals surface area contributed by atoms with Crippen LogP contribution in [0.2, 0.25) is 0 Å². The second kappa shape index (κ2) is 9.86. The Labute approximate surface area is 259 Å². The zero-order valence-electron chi connectivity index (χ0n) is 25.3. The van der Waals surface area contributed by atoms with Gasteiger partial charge >= 0.3 is 0 Å². The number of fused-ring (bicyclic) bond motifs is 5. The average Bonchev–Trinajstić information content (AvgIpc) is 3.30. The Morgan fingerprint density at radius 1 is 0.614 bits per heavy atom. The second-order valence-electron chi connectivity index (χ2n) is 12.3. The van der Waals surface area contributed by atoms with Gasteiger partial charge < -0.3 is 10.6 Å². The Kier molecular flexibility index (Phi) is 5.89. The van der Waals surface area contributed by atoms with E-state index in [9.17, 15) is 0 Å². The number of hydrogen-bond donors (Lipinski definition) is 1. The lowest BCUT2D eigenvalue weighted by Crippen LogP contribution is -2.22. The van der Waals surface area contributed by atoms with Crippen LogP contribution in [0.1, 0.15) is 37.5 Å². The molecule has 1 aliphatic carbocycles. The summed E-state index contributed by atoms with van der Waals surface area (Å²) in [7, 11) is 0. The van der Waals surface area contributed by atoms with Crippen molar-refractivity contribution in [1.82, 2.24) is 0 Å². The molecule has 0 spiro atoms. The number of nitrogens with zero attached hydrogens (tertiary/aromatic N) is 1. The molecule has 0 saturated heterocycles. The van der Waals surface area contributed by atoms with Crippen LogP contribution in [0.3, 0.4) is 0 Å². The highest BCUT2D eigenvalue weighted by atomic mass is 15.2. The summed E-state index contributed by atoms with van der Waals surface area (Å²) >= 11 is 0. The van der Waals surface area contributed by atoms with Gasteiger partial charge in [0.05, 0.1) is 11.4 Å². The monoisotopic (exact) mass is 566 g/mol. The summed E-state index contributed by atoms with van der Waals surface area (Å²) in [6.45, 7) is 6.82. The van der Waals surface area contributed by atoms with Crippen molar-refractivity contribution in [2.75, 3.05) is 4.90 Å². The standard InChI is InChI=1S/C42H34N2/c1-4-30-32-20-12-16-28-17-13-21-33(40(28)32)31-18-9-11-23-38(31)44(39(30)26-43)29-24-35(27-14-6-5-7-15-27)41-34-19-8-10-22-36(34)42(2,3)37(41)25-29/h4-26H,43H2,1-3H3/b30-4-,39-26+. The van der Waals surface area contributed by atoms with Gasteiger partial charge in [-0.1, -0.05) is 129 Å². The minimum absolute atomic E-state index is 0.165. The van der Waals surface area contributed by atoms with E-state index in [1.165, 1.54) is 60.8 Å². The highest BCUT2D eigenvalue weighted by Gasteiger charge is 2.38. The molecule has 2 heteroatoms. The third-order valence-electron chi connectivity index (χ3n) is 9.60. The van der Waals surface area contributed by atoms with Gasteiger partial charge in [-0.15, -0.1) is 0 Å². The van der Waals surface area contributed by atoms with Gasteiger partial charge in [0.15, 0.2) is 0 Å². The molecule has 1 heterocycles. The maximum absolute atomic E-state index is 6.66. The first kappa shape index (κ1) is 26.3. The molecule has 0 fully saturated rings. The van der Waals surface area contributed by atoms with E-state index in [4.69, 9.17) is 5.73 Å². The van der Waals surface area contributed by atoms with E-state index in [1.54, 1.807) is 6.20 Å². The lowest BCUT2D eigenvalue weighted by molar-refractivity contribution is 0.660. The van der Waals surface area contributed by atoms with Crippen molar-refractivity contribution in [2.24, 2.45) is 5.73 Å². The first-order valence-corrected chi connectivity index (χ1v) is 15.4. The third-order valence-corrected chi connectivity index (χ3v) is 9.60. The normalized spacial score (nSPS) is 16.4. The van der Waals surface area contributed by atoms with Crippen LogP contribution >= 0.6 is 0 Å². The molecule has 0 saturated carbocycles. The lowest BCUT2D eigenvalue weighted by Gasteiger charge is -2.35. The first-order chi connectivity index (χ1) is 21.5. The average molecular weight is 567 g/mol. The van der Waals surface area contributed by atoms with Crippen LogP contribution in [-0.2, 0) is 5.41 Å². The number of benzene rings is 6. The summed E-state index contributed by atoms with van der Waals surface area (Å²) < 4.78 is 0. The zero-order valence-corrected chi connectivity index (χ0v) is 25.3. The predicted octanol–water partition coefficient (Wildman–Crippen LogP) is 10.8. The number of rotatable bonds is 2. The largest absolute Gasteiger partial charge is 0.403 e. The van der Waals surface area contributed by atoms with Gasteiger partial charge in [-0.05, 0) is 80.4 Å². The van der Waals surface area contributed by atoms with E-state index in [2.05, 4.69) is 159 Å². The molecule has 0 radical (unpaired) electrons. The molecular weight excluding hydrogens is 532 g/mol. The van der Waals surface area contributed by atoms with Crippen molar-refractivity contribution in [3.63, 3.8) is 0 Å². The van der Waals surface area contributed by atoms with Crippen LogP contribution in [0.4, 0.5) is 11.4 Å². The van der Waals surface area contributed by atoms with Crippen molar-refractivity contribution >= 4 is 27.7 Å². The fourth-order valence-electron chi connectivity index (χ4n) is 7.60. The number of nitrogens with two attached hydrogens (primary N) is 1. The van der Waals surface area contributed by atoms with E-state index >= 15 is 0 Å². The molecule has 1 aliphatic heterocycles. The fourth-order valence-corrected chi connectivity index (χ4v) is 7.60. The maximum Gasteiger partial charge on any atom is 0.0691 e. The highest BCUT2D eigenvalue weighted by molar-refractivity contribution is 6.11. The van der Waals surface area contributed by atoms with Gasteiger partial charge in [0, 0.05) is 28.4 Å². The quantitative estimate of drug-likeness (QED) is 0.226. The molecular formula is C42H34N2. The lowest BCUT2D eigenvalue weighted by atomic mass is 9.81. The van der Waals surface area contributed by atoms with Gasteiger partial charge in [0.1, 0.15) is 0 Å². The summed E-state index contributed by atoms with van der Waals surface area (Å²) in [5.41, 5.74) is 22.2. The van der Waals surface area contributed by atoms with Crippen molar-refractivity contribution in [1.29, 1.82) is 0 Å². The van der Waals surface area contributed by atoms with Crippen molar-refractivity contribution in [3.05, 3.63) is 162 Å². The Bertz CT molecular complexity index is 2160. The van der Waals surface area contributed by atoms with E-state index in [0.717, 1.165) is 22.6 Å². The fraction of sp³-hybridized carbons (Fsp3) is 0.0952. The predicted molar refractivity (Wildman–Crippen MR) is 187 cm³/mol. The molecule has 2 N–H and O–H groups in total. The molecule has 0 atom stereocenters. The first-order valence-electron chi connectivity index (χ1n) is 15.4. The van der Waals surface area contributed by atoms with Gasteiger partial charge in [0.25, 0.3) is 0 Å². The summed E-state index contributed by atoms with van der Waals surface area (Å²) in [5, 5.41) is 2.48. The van der Waals surface area contributed by atoms with Gasteiger partial charge in [0.2, 0.25) is 0 Å². The molecule has 0 bridgehead atoms. The van der Waals surface area contributed by atoms with Crippen LogP contribution in [-0.4, -0.2) is 0 Å². The van der Waals surface area contributed by atoms with Crippen LogP contribution < -0.4 is 10.6 Å². The van der Waals surface area contributed by atoms with Crippen molar-refractivity contribution in [2.45, 2.75) is 26.2 Å². The topological polar surface area (TPSA) is 29.3 Å². The van der Waals surface area contributed by atoms with E-state index in [1.807, 2.05) is 0 Å². The molecule has 2 nitrogen and oxygen atoms in total. The van der Waals surface area contributed by atoms with E-state index < -0.39 is 0 Å². The summed E-state index contributed by atoms with van der Waals surface area (Å²) in [6.07, 6.45) is 3.99. The second-order valence-corrected chi connectivity index (χ2v) is 12.3. The Morgan fingerprint density at radius 2 is 1.27 bits per heavy atom. The molecule has 0 amide bonds. The van der Waals surface area contributed by atoms with Crippen LogP contribution in [0, 0.1) is 0 Å². The Hall–Kier alpha value is -5.34. The molecule has 212 valence electrons. The summed E-state index contributed by atoms with van der Waals surface area (Å²) in [6, 6.07) is 46.4. The molecule has 6 aromatic rings. The maximum atomic E-state index is 6.66.